The van der Waals surface area contributed by atoms with Crippen LogP contribution in [0.2, 0.25) is 0 Å². The summed E-state index contributed by atoms with van der Waals surface area (Å²) in [7, 11) is 1.93. The molecule has 0 heterocycles. The second kappa shape index (κ2) is 4.44. The standard InChI is InChI=1S/C9H21BO3/c1-8(2,12)5-7(11)6-13-9(3,4)10/h7,11-12H,5-6,10H2,1-4H3. The first kappa shape index (κ1) is 12.9. The van der Waals surface area contributed by atoms with Gasteiger partial charge in [-0.15, -0.1) is 0 Å². The van der Waals surface area contributed by atoms with Crippen molar-refractivity contribution < 1.29 is 14.9 Å². The molecule has 13 heavy (non-hydrogen) atoms. The Labute approximate surface area is 81.5 Å². The third-order valence-electron chi connectivity index (χ3n) is 1.44. The molecule has 0 amide bonds. The molecule has 1 atom stereocenters. The predicted molar refractivity (Wildman–Crippen MR) is 55.5 cm³/mol. The topological polar surface area (TPSA) is 49.7 Å². The first-order chi connectivity index (χ1) is 5.60. The maximum Gasteiger partial charge on any atom is 0.142 e. The van der Waals surface area contributed by atoms with Crippen LogP contribution in [0.3, 0.4) is 0 Å². The van der Waals surface area contributed by atoms with Crippen LogP contribution in [0.1, 0.15) is 34.1 Å². The summed E-state index contributed by atoms with van der Waals surface area (Å²) in [5, 5.41) is 18.9. The second-order valence-corrected chi connectivity index (χ2v) is 5.09. The summed E-state index contributed by atoms with van der Waals surface area (Å²) < 4.78 is 5.38. The van der Waals surface area contributed by atoms with Crippen LogP contribution in [-0.2, 0) is 4.74 Å². The third kappa shape index (κ3) is 9.86. The molecule has 0 aliphatic heterocycles. The maximum absolute atomic E-state index is 9.46. The summed E-state index contributed by atoms with van der Waals surface area (Å²) in [6, 6.07) is 0. The van der Waals surface area contributed by atoms with Gasteiger partial charge in [-0.05, 0) is 27.7 Å². The van der Waals surface area contributed by atoms with Crippen LogP contribution in [0.5, 0.6) is 0 Å². The fourth-order valence-corrected chi connectivity index (χ4v) is 0.982. The lowest BCUT2D eigenvalue weighted by molar-refractivity contribution is -0.0487. The highest BCUT2D eigenvalue weighted by atomic mass is 16.5. The Hall–Kier alpha value is -0.0551. The number of aliphatic hydroxyl groups is 2. The van der Waals surface area contributed by atoms with Gasteiger partial charge < -0.3 is 14.9 Å². The fraction of sp³-hybridized carbons (Fsp3) is 1.00. The molecule has 0 aromatic heterocycles. The summed E-state index contributed by atoms with van der Waals surface area (Å²) in [6.45, 7) is 7.49. The van der Waals surface area contributed by atoms with Crippen molar-refractivity contribution in [3.05, 3.63) is 0 Å². The first-order valence-corrected chi connectivity index (χ1v) is 4.64. The summed E-state index contributed by atoms with van der Waals surface area (Å²) in [4.78, 5) is 0. The molecule has 4 heteroatoms. The van der Waals surface area contributed by atoms with Gasteiger partial charge in [-0.25, -0.2) is 0 Å². The fourth-order valence-electron chi connectivity index (χ4n) is 0.982. The van der Waals surface area contributed by atoms with Crippen LogP contribution >= 0.6 is 0 Å². The van der Waals surface area contributed by atoms with E-state index in [1.807, 2.05) is 21.7 Å². The summed E-state index contributed by atoms with van der Waals surface area (Å²) >= 11 is 0. The number of aliphatic hydroxyl groups excluding tert-OH is 1. The molecule has 0 fully saturated rings. The minimum Gasteiger partial charge on any atom is -0.391 e. The zero-order valence-corrected chi connectivity index (χ0v) is 9.29. The van der Waals surface area contributed by atoms with Gasteiger partial charge in [0.05, 0.1) is 18.3 Å². The van der Waals surface area contributed by atoms with Crippen molar-refractivity contribution in [1.29, 1.82) is 0 Å². The Morgan fingerprint density at radius 2 is 1.77 bits per heavy atom. The van der Waals surface area contributed by atoms with Gasteiger partial charge in [0, 0.05) is 11.9 Å². The molecular weight excluding hydrogens is 167 g/mol. The largest absolute Gasteiger partial charge is 0.391 e. The maximum atomic E-state index is 9.46. The smallest absolute Gasteiger partial charge is 0.142 e. The van der Waals surface area contributed by atoms with Crippen molar-refractivity contribution in [2.75, 3.05) is 6.61 Å². The van der Waals surface area contributed by atoms with Crippen molar-refractivity contribution in [3.8, 4) is 0 Å². The predicted octanol–water partition coefficient (Wildman–Crippen LogP) is -0.106. The molecule has 0 saturated heterocycles. The molecule has 0 spiro atoms. The van der Waals surface area contributed by atoms with Gasteiger partial charge in [-0.2, -0.15) is 0 Å². The molecule has 2 N–H and O–H groups in total. The van der Waals surface area contributed by atoms with Crippen molar-refractivity contribution in [3.63, 3.8) is 0 Å². The lowest BCUT2D eigenvalue weighted by Crippen LogP contribution is -2.33. The summed E-state index contributed by atoms with van der Waals surface area (Å²) in [5.74, 6) is 0. The van der Waals surface area contributed by atoms with E-state index in [1.165, 1.54) is 0 Å². The molecule has 0 aromatic carbocycles. The van der Waals surface area contributed by atoms with Gasteiger partial charge in [0.15, 0.2) is 0 Å². The van der Waals surface area contributed by atoms with E-state index in [-0.39, 0.29) is 12.1 Å². The summed E-state index contributed by atoms with van der Waals surface area (Å²) in [6.07, 6.45) is -0.262. The zero-order chi connectivity index (χ0) is 10.7. The average molecular weight is 188 g/mol. The molecule has 0 saturated carbocycles. The highest BCUT2D eigenvalue weighted by molar-refractivity contribution is 6.13. The van der Waals surface area contributed by atoms with Crippen LogP contribution < -0.4 is 0 Å². The lowest BCUT2D eigenvalue weighted by atomic mass is 9.86. The molecule has 0 aromatic rings. The van der Waals surface area contributed by atoms with E-state index < -0.39 is 11.7 Å². The normalized spacial score (nSPS) is 15.8. The highest BCUT2D eigenvalue weighted by Crippen LogP contribution is 2.12. The minimum atomic E-state index is -0.833. The number of ether oxygens (including phenoxy) is 1. The Morgan fingerprint density at radius 3 is 2.08 bits per heavy atom. The van der Waals surface area contributed by atoms with E-state index in [1.54, 1.807) is 13.8 Å². The molecule has 1 unspecified atom stereocenters. The van der Waals surface area contributed by atoms with Crippen LogP contribution in [0.25, 0.3) is 0 Å². The van der Waals surface area contributed by atoms with E-state index in [0.29, 0.717) is 6.42 Å². The SMILES string of the molecule is BC(C)(C)OCC(O)CC(C)(C)O. The van der Waals surface area contributed by atoms with Gasteiger partial charge in [-0.1, -0.05) is 0 Å². The Morgan fingerprint density at radius 1 is 1.31 bits per heavy atom. The van der Waals surface area contributed by atoms with Crippen molar-refractivity contribution in [1.82, 2.24) is 0 Å². The van der Waals surface area contributed by atoms with Crippen molar-refractivity contribution in [2.24, 2.45) is 0 Å². The first-order valence-electron chi connectivity index (χ1n) is 4.64. The molecule has 0 radical (unpaired) electrons. The molecule has 0 aliphatic rings. The molecule has 0 bridgehead atoms. The van der Waals surface area contributed by atoms with E-state index in [2.05, 4.69) is 0 Å². The third-order valence-corrected chi connectivity index (χ3v) is 1.44. The van der Waals surface area contributed by atoms with E-state index >= 15 is 0 Å². The van der Waals surface area contributed by atoms with Gasteiger partial charge in [-0.3, -0.25) is 0 Å². The zero-order valence-electron chi connectivity index (χ0n) is 9.29. The second-order valence-electron chi connectivity index (χ2n) is 5.09. The van der Waals surface area contributed by atoms with Gasteiger partial charge in [0.1, 0.15) is 7.85 Å². The number of rotatable bonds is 5. The van der Waals surface area contributed by atoms with E-state index in [9.17, 15) is 10.2 Å². The van der Waals surface area contributed by atoms with Gasteiger partial charge in [0.25, 0.3) is 0 Å². The lowest BCUT2D eigenvalue weighted by Gasteiger charge is -2.25. The molecule has 0 rings (SSSR count). The average Bonchev–Trinajstić information content (AvgIpc) is 1.78. The molecular formula is C9H21BO3. The quantitative estimate of drug-likeness (QED) is 0.592. The monoisotopic (exact) mass is 188 g/mol. The molecule has 78 valence electrons. The summed E-state index contributed by atoms with van der Waals surface area (Å²) in [5.41, 5.74) is -1.07. The van der Waals surface area contributed by atoms with Crippen molar-refractivity contribution >= 4 is 7.85 Å². The van der Waals surface area contributed by atoms with Gasteiger partial charge in [0.2, 0.25) is 0 Å². The van der Waals surface area contributed by atoms with Crippen LogP contribution in [0.15, 0.2) is 0 Å². The number of hydrogen-bond acceptors (Lipinski definition) is 3. The Balaban J connectivity index is 3.70. The van der Waals surface area contributed by atoms with Crippen molar-refractivity contribution in [2.45, 2.75) is 51.3 Å². The van der Waals surface area contributed by atoms with Crippen LogP contribution in [-0.4, -0.2) is 41.9 Å². The Bertz CT molecular complexity index is 146. The minimum absolute atomic E-state index is 0.236. The van der Waals surface area contributed by atoms with E-state index in [4.69, 9.17) is 4.74 Å². The van der Waals surface area contributed by atoms with Crippen LogP contribution in [0.4, 0.5) is 0 Å². The Kier molecular flexibility index (Phi) is 4.42. The highest BCUT2D eigenvalue weighted by Gasteiger charge is 2.20. The molecule has 0 aliphatic carbocycles. The van der Waals surface area contributed by atoms with E-state index in [0.717, 1.165) is 0 Å². The van der Waals surface area contributed by atoms with Crippen LogP contribution in [0, 0.1) is 0 Å². The number of hydrogen-bond donors (Lipinski definition) is 2. The van der Waals surface area contributed by atoms with Gasteiger partial charge >= 0.3 is 0 Å². The molecule has 3 nitrogen and oxygen atoms in total.